The molecule has 35 heavy (non-hydrogen) atoms. The number of amides is 2. The average Bonchev–Trinajstić information content (AvgIpc) is 3.17. The van der Waals surface area contributed by atoms with Gasteiger partial charge in [0.1, 0.15) is 10.1 Å². The molecule has 0 bridgehead atoms. The molecule has 16 heteroatoms. The second-order valence-electron chi connectivity index (χ2n) is 6.72. The number of hydrogen-bond acceptors (Lipinski definition) is 11. The summed E-state index contributed by atoms with van der Waals surface area (Å²) in [6.45, 7) is 0.412. The van der Waals surface area contributed by atoms with E-state index in [9.17, 15) is 18.9 Å². The summed E-state index contributed by atoms with van der Waals surface area (Å²) in [5.74, 6) is -1.22. The molecule has 2 aromatic heterocycles. The molecule has 2 amide bonds. The maximum atomic E-state index is 13.4. The molecule has 1 aliphatic rings. The summed E-state index contributed by atoms with van der Waals surface area (Å²) >= 11 is 0. The molecule has 1 unspecified atom stereocenters. The number of pyridine rings is 2. The molecule has 3 heterocycles. The molecule has 0 aromatic carbocycles. The van der Waals surface area contributed by atoms with Crippen LogP contribution in [-0.4, -0.2) is 51.7 Å². The number of carbonyl (C=O) groups is 3. The van der Waals surface area contributed by atoms with Crippen molar-refractivity contribution in [1.82, 2.24) is 29.7 Å². The molecule has 1 aliphatic heterocycles. The Balaban J connectivity index is 1.45. The summed E-state index contributed by atoms with van der Waals surface area (Å²) in [5, 5.41) is 7.93. The zero-order valence-corrected chi connectivity index (χ0v) is 22.5. The molecular weight excluding hydrogens is 551 g/mol. The lowest BCUT2D eigenvalue weighted by Gasteiger charge is -2.21. The number of nitrogens with zero attached hydrogens (tertiary/aromatic N) is 3. The zero-order chi connectivity index (χ0) is 24.9. The van der Waals surface area contributed by atoms with Crippen molar-refractivity contribution in [2.24, 2.45) is 0 Å². The smallest absolute Gasteiger partial charge is 0.330 e. The minimum absolute atomic E-state index is 0.00300. The highest BCUT2D eigenvalue weighted by atomic mass is 33.1. The molecule has 2 aromatic rings. The van der Waals surface area contributed by atoms with Crippen LogP contribution in [0.3, 0.4) is 0 Å². The molecule has 0 saturated carbocycles. The first-order valence-corrected chi connectivity index (χ1v) is 16.5. The zero-order valence-electron chi connectivity index (χ0n) is 18.3. The molecule has 1 fully saturated rings. The van der Waals surface area contributed by atoms with Gasteiger partial charge in [-0.1, -0.05) is 22.9 Å². The Morgan fingerprint density at radius 1 is 0.971 bits per heavy atom. The summed E-state index contributed by atoms with van der Waals surface area (Å²) in [5.41, 5.74) is 0. The third-order valence-corrected chi connectivity index (χ3v) is 11.0. The van der Waals surface area contributed by atoms with Crippen LogP contribution in [0.25, 0.3) is 0 Å². The van der Waals surface area contributed by atoms with Crippen LogP contribution in [-0.2, 0) is 23.8 Å². The van der Waals surface area contributed by atoms with E-state index in [2.05, 4.69) is 24.6 Å². The Kier molecular flexibility index (Phi) is 11.9. The van der Waals surface area contributed by atoms with Gasteiger partial charge < -0.3 is 4.84 Å². The van der Waals surface area contributed by atoms with E-state index in [1.54, 1.807) is 29.3 Å². The molecule has 3 N–H and O–H groups in total. The molecule has 3 rings (SSSR count). The normalized spacial score (nSPS) is 15.3. The fourth-order valence-electron chi connectivity index (χ4n) is 2.49. The SMILES string of the molecule is O=C(CCNP(=O)(NCCSSc1ccccn1)NSSc1ccccn1)ON1C(=O)CCC1=O. The molecule has 0 spiro atoms. The van der Waals surface area contributed by atoms with E-state index in [1.165, 1.54) is 21.6 Å². The second-order valence-corrected chi connectivity index (χ2v) is 13.5. The average molecular weight is 575 g/mol. The van der Waals surface area contributed by atoms with Crippen molar-refractivity contribution in [1.29, 1.82) is 0 Å². The maximum Gasteiger partial charge on any atom is 0.334 e. The van der Waals surface area contributed by atoms with Gasteiger partial charge in [-0.3, -0.25) is 14.2 Å². The number of aromatic nitrogens is 2. The molecule has 0 radical (unpaired) electrons. The molecule has 1 saturated heterocycles. The van der Waals surface area contributed by atoms with Gasteiger partial charge >= 0.3 is 5.97 Å². The Bertz CT molecular complexity index is 1020. The maximum absolute atomic E-state index is 13.4. The van der Waals surface area contributed by atoms with Gasteiger partial charge in [-0.25, -0.2) is 24.9 Å². The Morgan fingerprint density at radius 2 is 1.60 bits per heavy atom. The second kappa shape index (κ2) is 14.9. The van der Waals surface area contributed by atoms with Crippen molar-refractivity contribution >= 4 is 68.7 Å². The number of rotatable bonds is 15. The lowest BCUT2D eigenvalue weighted by atomic mass is 10.4. The van der Waals surface area contributed by atoms with Crippen LogP contribution < -0.4 is 14.7 Å². The fourth-order valence-corrected chi connectivity index (χ4v) is 8.64. The van der Waals surface area contributed by atoms with Crippen LogP contribution in [0, 0.1) is 0 Å². The first-order chi connectivity index (χ1) is 17.0. The van der Waals surface area contributed by atoms with Crippen LogP contribution >= 0.6 is 51.0 Å². The van der Waals surface area contributed by atoms with Gasteiger partial charge in [-0.05, 0) is 45.9 Å². The standard InChI is InChI=1S/C19H23N6O5PS4/c26-17-7-8-18(27)25(17)30-19(28)9-12-22-31(29,24-35-34-16-6-2-4-11-21-16)23-13-14-32-33-15-5-1-3-10-20-15/h1-6,10-11H,7-9,12-14H2,(H3,22,23,24,29). The van der Waals surface area contributed by atoms with Gasteiger partial charge in [0.05, 0.1) is 6.42 Å². The highest BCUT2D eigenvalue weighted by Gasteiger charge is 2.33. The van der Waals surface area contributed by atoms with Crippen molar-refractivity contribution < 1.29 is 23.8 Å². The first-order valence-electron chi connectivity index (χ1n) is 10.3. The minimum Gasteiger partial charge on any atom is -0.330 e. The first kappa shape index (κ1) is 28.0. The van der Waals surface area contributed by atoms with Crippen molar-refractivity contribution in [3.8, 4) is 0 Å². The summed E-state index contributed by atoms with van der Waals surface area (Å²) in [6.07, 6.45) is 3.24. The van der Waals surface area contributed by atoms with Crippen LogP contribution in [0.2, 0.25) is 0 Å². The molecule has 0 aliphatic carbocycles. The van der Waals surface area contributed by atoms with Crippen molar-refractivity contribution in [3.05, 3.63) is 48.8 Å². The van der Waals surface area contributed by atoms with E-state index >= 15 is 0 Å². The Labute approximate surface area is 218 Å². The van der Waals surface area contributed by atoms with E-state index in [0.29, 0.717) is 17.4 Å². The predicted molar refractivity (Wildman–Crippen MR) is 139 cm³/mol. The van der Waals surface area contributed by atoms with E-state index in [4.69, 9.17) is 4.84 Å². The van der Waals surface area contributed by atoms with E-state index in [-0.39, 0.29) is 25.8 Å². The highest BCUT2D eigenvalue weighted by Crippen LogP contribution is 2.39. The molecule has 1 atom stereocenters. The summed E-state index contributed by atoms with van der Waals surface area (Å²) < 4.78 is 16.3. The largest absolute Gasteiger partial charge is 0.334 e. The third kappa shape index (κ3) is 10.1. The van der Waals surface area contributed by atoms with Gasteiger partial charge in [-0.2, -0.15) is 4.49 Å². The number of hydrogen-bond donors (Lipinski definition) is 3. The Hall–Kier alpha value is -1.58. The lowest BCUT2D eigenvalue weighted by molar-refractivity contribution is -0.197. The predicted octanol–water partition coefficient (Wildman–Crippen LogP) is 3.45. The molecule has 11 nitrogen and oxygen atoms in total. The van der Waals surface area contributed by atoms with E-state index in [0.717, 1.165) is 21.0 Å². The fraction of sp³-hybridized carbons (Fsp3) is 0.316. The van der Waals surface area contributed by atoms with Crippen molar-refractivity contribution in [2.75, 3.05) is 18.8 Å². The molecular formula is C19H23N6O5PS4. The summed E-state index contributed by atoms with van der Waals surface area (Å²) in [4.78, 5) is 48.5. The lowest BCUT2D eigenvalue weighted by Crippen LogP contribution is -2.34. The van der Waals surface area contributed by atoms with Crippen molar-refractivity contribution in [3.63, 3.8) is 0 Å². The number of hydroxylamine groups is 2. The Morgan fingerprint density at radius 3 is 2.23 bits per heavy atom. The van der Waals surface area contributed by atoms with Gasteiger partial charge in [0.25, 0.3) is 19.4 Å². The van der Waals surface area contributed by atoms with Crippen LogP contribution in [0.15, 0.2) is 58.8 Å². The quantitative estimate of drug-likeness (QED) is 0.0939. The minimum atomic E-state index is -3.31. The number of nitrogens with one attached hydrogen (secondary N) is 3. The van der Waals surface area contributed by atoms with Gasteiger partial charge in [0.15, 0.2) is 0 Å². The van der Waals surface area contributed by atoms with Crippen LogP contribution in [0.4, 0.5) is 0 Å². The van der Waals surface area contributed by atoms with Crippen LogP contribution in [0.1, 0.15) is 19.3 Å². The number of imide groups is 1. The summed E-state index contributed by atoms with van der Waals surface area (Å²) in [6, 6.07) is 11.2. The third-order valence-electron chi connectivity index (χ3n) is 4.10. The monoisotopic (exact) mass is 574 g/mol. The topological polar surface area (TPSA) is 143 Å². The van der Waals surface area contributed by atoms with Crippen molar-refractivity contribution in [2.45, 2.75) is 29.3 Å². The highest BCUT2D eigenvalue weighted by molar-refractivity contribution is 8.77. The van der Waals surface area contributed by atoms with Gasteiger partial charge in [-0.15, -0.1) is 5.06 Å². The summed E-state index contributed by atoms with van der Waals surface area (Å²) in [7, 11) is 2.21. The van der Waals surface area contributed by atoms with Gasteiger partial charge in [0.2, 0.25) is 0 Å². The van der Waals surface area contributed by atoms with E-state index < -0.39 is 25.4 Å². The molecule has 188 valence electrons. The van der Waals surface area contributed by atoms with E-state index in [1.807, 2.05) is 30.3 Å². The van der Waals surface area contributed by atoms with Gasteiger partial charge in [0, 0.05) is 55.1 Å². The van der Waals surface area contributed by atoms with Crippen LogP contribution in [0.5, 0.6) is 0 Å². The number of carbonyl (C=O) groups excluding carboxylic acids is 3.